The summed E-state index contributed by atoms with van der Waals surface area (Å²) < 4.78 is 5.03. The van der Waals surface area contributed by atoms with Crippen molar-refractivity contribution in [2.24, 2.45) is 11.8 Å². The second-order valence-corrected chi connectivity index (χ2v) is 6.25. The van der Waals surface area contributed by atoms with Crippen molar-refractivity contribution in [3.8, 4) is 0 Å². The topological polar surface area (TPSA) is 58.6 Å². The summed E-state index contributed by atoms with van der Waals surface area (Å²) >= 11 is 0. The third-order valence-corrected chi connectivity index (χ3v) is 3.84. The predicted molar refractivity (Wildman–Crippen MR) is 82.9 cm³/mol. The maximum Gasteiger partial charge on any atom is 0.320 e. The van der Waals surface area contributed by atoms with Gasteiger partial charge in [0.25, 0.3) is 0 Å². The molecule has 0 radical (unpaired) electrons. The molecule has 1 saturated heterocycles. The van der Waals surface area contributed by atoms with Crippen LogP contribution in [0, 0.1) is 11.8 Å². The Morgan fingerprint density at radius 2 is 2.00 bits per heavy atom. The van der Waals surface area contributed by atoms with E-state index < -0.39 is 0 Å². The summed E-state index contributed by atoms with van der Waals surface area (Å²) in [5.41, 5.74) is 0. The van der Waals surface area contributed by atoms with Gasteiger partial charge in [-0.05, 0) is 25.7 Å². The van der Waals surface area contributed by atoms with Crippen LogP contribution in [-0.4, -0.2) is 49.1 Å². The largest absolute Gasteiger partial charge is 0.465 e. The summed E-state index contributed by atoms with van der Waals surface area (Å²) in [7, 11) is 0. The molecule has 1 aliphatic heterocycles. The molecule has 0 aliphatic carbocycles. The van der Waals surface area contributed by atoms with Gasteiger partial charge in [0, 0.05) is 25.0 Å². The smallest absolute Gasteiger partial charge is 0.320 e. The molecule has 0 aromatic rings. The molecule has 1 rings (SSSR count). The number of nitrogens with zero attached hydrogens (tertiary/aromatic N) is 1. The number of hydrogen-bond acceptors (Lipinski definition) is 4. The van der Waals surface area contributed by atoms with Crippen LogP contribution in [0.25, 0.3) is 0 Å². The molecule has 1 N–H and O–H groups in total. The molecule has 1 amide bonds. The SMILES string of the molecule is CCCC1CC(NC(=O)C(C)C)CN(CC(=O)OCC)C1. The Balaban J connectivity index is 2.59. The summed E-state index contributed by atoms with van der Waals surface area (Å²) in [6.07, 6.45) is 3.27. The lowest BCUT2D eigenvalue weighted by Crippen LogP contribution is -2.52. The van der Waals surface area contributed by atoms with Crippen LogP contribution in [0.4, 0.5) is 0 Å². The average Bonchev–Trinajstić information content (AvgIpc) is 2.38. The molecular formula is C16H30N2O3. The highest BCUT2D eigenvalue weighted by molar-refractivity contribution is 5.78. The van der Waals surface area contributed by atoms with Gasteiger partial charge in [-0.3, -0.25) is 14.5 Å². The van der Waals surface area contributed by atoms with Gasteiger partial charge in [0.05, 0.1) is 13.2 Å². The van der Waals surface area contributed by atoms with E-state index in [0.717, 1.165) is 32.4 Å². The number of rotatable bonds is 7. The summed E-state index contributed by atoms with van der Waals surface area (Å²) in [6.45, 7) is 10.2. The number of carbonyl (C=O) groups is 2. The first-order valence-corrected chi connectivity index (χ1v) is 8.14. The standard InChI is InChI=1S/C16H30N2O3/c1-5-7-13-8-14(17-16(20)12(3)4)10-18(9-13)11-15(19)21-6-2/h12-14H,5-11H2,1-4H3,(H,17,20). The quantitative estimate of drug-likeness (QED) is 0.728. The monoisotopic (exact) mass is 298 g/mol. The second kappa shape index (κ2) is 9.03. The van der Waals surface area contributed by atoms with Crippen molar-refractivity contribution in [1.29, 1.82) is 0 Å². The zero-order chi connectivity index (χ0) is 15.8. The fourth-order valence-corrected chi connectivity index (χ4v) is 2.91. The number of piperidine rings is 1. The van der Waals surface area contributed by atoms with E-state index in [1.807, 2.05) is 20.8 Å². The highest BCUT2D eigenvalue weighted by Gasteiger charge is 2.29. The fraction of sp³-hybridized carbons (Fsp3) is 0.875. The van der Waals surface area contributed by atoms with Gasteiger partial charge in [-0.1, -0.05) is 27.2 Å². The molecule has 2 unspecified atom stereocenters. The molecule has 0 saturated carbocycles. The van der Waals surface area contributed by atoms with Crippen LogP contribution in [0.5, 0.6) is 0 Å². The molecule has 122 valence electrons. The molecular weight excluding hydrogens is 268 g/mol. The van der Waals surface area contributed by atoms with Crippen LogP contribution in [0.1, 0.15) is 47.0 Å². The normalized spacial score (nSPS) is 23.1. The molecule has 5 heteroatoms. The first-order valence-electron chi connectivity index (χ1n) is 8.14. The average molecular weight is 298 g/mol. The van der Waals surface area contributed by atoms with Crippen molar-refractivity contribution in [2.45, 2.75) is 53.0 Å². The lowest BCUT2D eigenvalue weighted by Gasteiger charge is -2.37. The number of esters is 1. The van der Waals surface area contributed by atoms with Crippen LogP contribution in [0.15, 0.2) is 0 Å². The number of nitrogens with one attached hydrogen (secondary N) is 1. The number of hydrogen-bond donors (Lipinski definition) is 1. The van der Waals surface area contributed by atoms with Gasteiger partial charge in [-0.2, -0.15) is 0 Å². The predicted octanol–water partition coefficient (Wildman–Crippen LogP) is 1.81. The Labute approximate surface area is 128 Å². The highest BCUT2D eigenvalue weighted by atomic mass is 16.5. The van der Waals surface area contributed by atoms with Gasteiger partial charge in [0.15, 0.2) is 0 Å². The molecule has 1 fully saturated rings. The van der Waals surface area contributed by atoms with Gasteiger partial charge in [0.2, 0.25) is 5.91 Å². The Hall–Kier alpha value is -1.10. The number of amides is 1. The Kier molecular flexibility index (Phi) is 7.72. The summed E-state index contributed by atoms with van der Waals surface area (Å²) in [4.78, 5) is 25.7. The number of likely N-dealkylation sites (tertiary alicyclic amines) is 1. The van der Waals surface area contributed by atoms with Crippen molar-refractivity contribution < 1.29 is 14.3 Å². The molecule has 0 aromatic carbocycles. The van der Waals surface area contributed by atoms with E-state index in [-0.39, 0.29) is 23.8 Å². The van der Waals surface area contributed by atoms with E-state index in [4.69, 9.17) is 4.74 Å². The third-order valence-electron chi connectivity index (χ3n) is 3.84. The lowest BCUT2D eigenvalue weighted by atomic mass is 9.90. The van der Waals surface area contributed by atoms with E-state index >= 15 is 0 Å². The minimum absolute atomic E-state index is 0.00458. The third kappa shape index (κ3) is 6.46. The number of ether oxygens (including phenoxy) is 1. The summed E-state index contributed by atoms with van der Waals surface area (Å²) in [5.74, 6) is 0.447. The van der Waals surface area contributed by atoms with E-state index in [2.05, 4.69) is 17.1 Å². The molecule has 21 heavy (non-hydrogen) atoms. The molecule has 5 nitrogen and oxygen atoms in total. The minimum atomic E-state index is -0.177. The van der Waals surface area contributed by atoms with Gasteiger partial charge >= 0.3 is 5.97 Å². The summed E-state index contributed by atoms with van der Waals surface area (Å²) in [5, 5.41) is 3.11. The van der Waals surface area contributed by atoms with Crippen LogP contribution < -0.4 is 5.32 Å². The Morgan fingerprint density at radius 1 is 1.29 bits per heavy atom. The molecule has 1 aliphatic rings. The van der Waals surface area contributed by atoms with Gasteiger partial charge in [-0.25, -0.2) is 0 Å². The Bertz CT molecular complexity index is 344. The lowest BCUT2D eigenvalue weighted by molar-refractivity contribution is -0.145. The van der Waals surface area contributed by atoms with Crippen molar-refractivity contribution in [3.63, 3.8) is 0 Å². The highest BCUT2D eigenvalue weighted by Crippen LogP contribution is 2.21. The molecule has 1 heterocycles. The van der Waals surface area contributed by atoms with Gasteiger partial charge < -0.3 is 10.1 Å². The maximum absolute atomic E-state index is 11.9. The first kappa shape index (κ1) is 18.0. The van der Waals surface area contributed by atoms with E-state index in [0.29, 0.717) is 19.1 Å². The second-order valence-electron chi connectivity index (χ2n) is 6.25. The zero-order valence-corrected chi connectivity index (χ0v) is 13.9. The van der Waals surface area contributed by atoms with Crippen LogP contribution in [0.2, 0.25) is 0 Å². The first-order chi connectivity index (χ1) is 9.96. The molecule has 0 spiro atoms. The van der Waals surface area contributed by atoms with Gasteiger partial charge in [0.1, 0.15) is 0 Å². The van der Waals surface area contributed by atoms with Crippen molar-refractivity contribution in [3.05, 3.63) is 0 Å². The van der Waals surface area contributed by atoms with Crippen LogP contribution in [-0.2, 0) is 14.3 Å². The number of carbonyl (C=O) groups excluding carboxylic acids is 2. The van der Waals surface area contributed by atoms with Crippen molar-refractivity contribution in [1.82, 2.24) is 10.2 Å². The van der Waals surface area contributed by atoms with Crippen molar-refractivity contribution >= 4 is 11.9 Å². The molecule has 0 bridgehead atoms. The van der Waals surface area contributed by atoms with Crippen LogP contribution >= 0.6 is 0 Å². The van der Waals surface area contributed by atoms with E-state index in [1.54, 1.807) is 0 Å². The summed E-state index contributed by atoms with van der Waals surface area (Å²) in [6, 6.07) is 0.139. The van der Waals surface area contributed by atoms with Crippen LogP contribution in [0.3, 0.4) is 0 Å². The fourth-order valence-electron chi connectivity index (χ4n) is 2.91. The molecule has 2 atom stereocenters. The van der Waals surface area contributed by atoms with Crippen molar-refractivity contribution in [2.75, 3.05) is 26.2 Å². The molecule has 0 aromatic heterocycles. The minimum Gasteiger partial charge on any atom is -0.465 e. The zero-order valence-electron chi connectivity index (χ0n) is 13.9. The van der Waals surface area contributed by atoms with E-state index in [1.165, 1.54) is 0 Å². The van der Waals surface area contributed by atoms with E-state index in [9.17, 15) is 9.59 Å². The Morgan fingerprint density at radius 3 is 2.57 bits per heavy atom. The maximum atomic E-state index is 11.9. The van der Waals surface area contributed by atoms with Gasteiger partial charge in [-0.15, -0.1) is 0 Å².